The summed E-state index contributed by atoms with van der Waals surface area (Å²) in [7, 11) is 0. The van der Waals surface area contributed by atoms with Gasteiger partial charge in [-0.2, -0.15) is 0 Å². The molecule has 0 aliphatic rings. The van der Waals surface area contributed by atoms with Gasteiger partial charge in [-0.1, -0.05) is 35.5 Å². The van der Waals surface area contributed by atoms with E-state index in [0.29, 0.717) is 21.7 Å². The highest BCUT2D eigenvalue weighted by Crippen LogP contribution is 2.27. The van der Waals surface area contributed by atoms with E-state index >= 15 is 0 Å². The summed E-state index contributed by atoms with van der Waals surface area (Å²) in [6, 6.07) is 13.1. The second-order valence-corrected chi connectivity index (χ2v) is 7.00. The van der Waals surface area contributed by atoms with Crippen molar-refractivity contribution in [1.29, 1.82) is 0 Å². The van der Waals surface area contributed by atoms with Gasteiger partial charge in [-0.3, -0.25) is 4.79 Å². The minimum atomic E-state index is -0.127. The fraction of sp³-hybridized carbons (Fsp3) is 0.158. The number of thioether (sulfide) groups is 1. The van der Waals surface area contributed by atoms with Crippen LogP contribution in [0, 0.1) is 13.8 Å². The average molecular weight is 373 g/mol. The van der Waals surface area contributed by atoms with Crippen LogP contribution in [0.1, 0.15) is 11.1 Å². The summed E-state index contributed by atoms with van der Waals surface area (Å²) in [6.07, 6.45) is 1.68. The SMILES string of the molecule is Cc1ccc(-c2cnc(SCC(=O)Nc3ccc(Cl)cc3)o2)cc1C. The number of halogens is 1. The minimum absolute atomic E-state index is 0.127. The summed E-state index contributed by atoms with van der Waals surface area (Å²) in [4.78, 5) is 16.2. The molecule has 0 saturated carbocycles. The van der Waals surface area contributed by atoms with Crippen molar-refractivity contribution in [2.24, 2.45) is 0 Å². The van der Waals surface area contributed by atoms with Crippen molar-refractivity contribution in [2.45, 2.75) is 19.1 Å². The number of hydrogen-bond acceptors (Lipinski definition) is 4. The van der Waals surface area contributed by atoms with Crippen molar-refractivity contribution in [1.82, 2.24) is 4.98 Å². The Morgan fingerprint density at radius 3 is 2.64 bits per heavy atom. The van der Waals surface area contributed by atoms with Crippen LogP contribution in [0.25, 0.3) is 11.3 Å². The number of amides is 1. The molecule has 0 aliphatic carbocycles. The summed E-state index contributed by atoms with van der Waals surface area (Å²) < 4.78 is 5.74. The van der Waals surface area contributed by atoms with E-state index < -0.39 is 0 Å². The first-order chi connectivity index (χ1) is 12.0. The Labute approximate surface area is 155 Å². The van der Waals surface area contributed by atoms with Gasteiger partial charge in [0.05, 0.1) is 11.9 Å². The molecule has 1 N–H and O–H groups in total. The normalized spacial score (nSPS) is 10.7. The van der Waals surface area contributed by atoms with E-state index in [1.165, 1.54) is 22.9 Å². The van der Waals surface area contributed by atoms with Crippen LogP contribution in [-0.2, 0) is 4.79 Å². The maximum atomic E-state index is 12.0. The standard InChI is InChI=1S/C19H17ClN2O2S/c1-12-3-4-14(9-13(12)2)17-10-21-19(24-17)25-11-18(23)22-16-7-5-15(20)6-8-16/h3-10H,11H2,1-2H3,(H,22,23). The molecule has 0 bridgehead atoms. The van der Waals surface area contributed by atoms with Crippen molar-refractivity contribution >= 4 is 35.0 Å². The number of hydrogen-bond donors (Lipinski definition) is 1. The van der Waals surface area contributed by atoms with E-state index in [4.69, 9.17) is 16.0 Å². The maximum absolute atomic E-state index is 12.0. The molecular formula is C19H17ClN2O2S. The lowest BCUT2D eigenvalue weighted by Crippen LogP contribution is -2.13. The Morgan fingerprint density at radius 1 is 1.16 bits per heavy atom. The van der Waals surface area contributed by atoms with E-state index in [-0.39, 0.29) is 11.7 Å². The van der Waals surface area contributed by atoms with E-state index in [2.05, 4.69) is 36.3 Å². The van der Waals surface area contributed by atoms with Gasteiger partial charge in [0.1, 0.15) is 0 Å². The summed E-state index contributed by atoms with van der Waals surface area (Å²) in [5, 5.41) is 3.91. The predicted octanol–water partition coefficient (Wildman–Crippen LogP) is 5.34. The zero-order valence-corrected chi connectivity index (χ0v) is 15.4. The monoisotopic (exact) mass is 372 g/mol. The average Bonchev–Trinajstić information content (AvgIpc) is 3.07. The van der Waals surface area contributed by atoms with E-state index in [9.17, 15) is 4.79 Å². The van der Waals surface area contributed by atoms with Crippen molar-refractivity contribution in [3.8, 4) is 11.3 Å². The number of anilines is 1. The van der Waals surface area contributed by atoms with Gasteiger partial charge < -0.3 is 9.73 Å². The molecule has 0 saturated heterocycles. The van der Waals surface area contributed by atoms with Crippen molar-refractivity contribution in [3.63, 3.8) is 0 Å². The first-order valence-electron chi connectivity index (χ1n) is 7.73. The number of rotatable bonds is 5. The third kappa shape index (κ3) is 4.65. The van der Waals surface area contributed by atoms with Gasteiger partial charge in [-0.25, -0.2) is 4.98 Å². The van der Waals surface area contributed by atoms with Crippen LogP contribution < -0.4 is 5.32 Å². The molecule has 1 amide bonds. The molecule has 128 valence electrons. The van der Waals surface area contributed by atoms with Crippen LogP contribution in [0.4, 0.5) is 5.69 Å². The van der Waals surface area contributed by atoms with Gasteiger partial charge in [-0.15, -0.1) is 0 Å². The van der Waals surface area contributed by atoms with Crippen LogP contribution in [0.5, 0.6) is 0 Å². The molecule has 6 heteroatoms. The topological polar surface area (TPSA) is 55.1 Å². The fourth-order valence-corrected chi connectivity index (χ4v) is 2.94. The number of carbonyl (C=O) groups is 1. The first-order valence-corrected chi connectivity index (χ1v) is 9.09. The third-order valence-electron chi connectivity index (χ3n) is 3.73. The van der Waals surface area contributed by atoms with Crippen molar-refractivity contribution < 1.29 is 9.21 Å². The maximum Gasteiger partial charge on any atom is 0.256 e. The lowest BCUT2D eigenvalue weighted by atomic mass is 10.1. The second-order valence-electron chi connectivity index (χ2n) is 5.63. The highest BCUT2D eigenvalue weighted by atomic mass is 35.5. The third-order valence-corrected chi connectivity index (χ3v) is 4.82. The number of nitrogens with zero attached hydrogens (tertiary/aromatic N) is 1. The van der Waals surface area contributed by atoms with Crippen molar-refractivity contribution in [3.05, 3.63) is 64.8 Å². The Hall–Kier alpha value is -2.24. The van der Waals surface area contributed by atoms with Gasteiger partial charge in [0.25, 0.3) is 5.22 Å². The minimum Gasteiger partial charge on any atom is -0.431 e. The van der Waals surface area contributed by atoms with Crippen LogP contribution in [0.3, 0.4) is 0 Å². The highest BCUT2D eigenvalue weighted by molar-refractivity contribution is 7.99. The quantitative estimate of drug-likeness (QED) is 0.614. The molecular weight excluding hydrogens is 356 g/mol. The van der Waals surface area contributed by atoms with Crippen LogP contribution in [0.15, 0.2) is 58.3 Å². The number of aromatic nitrogens is 1. The zero-order valence-electron chi connectivity index (χ0n) is 13.9. The zero-order chi connectivity index (χ0) is 17.8. The number of oxazole rings is 1. The predicted molar refractivity (Wildman–Crippen MR) is 102 cm³/mol. The molecule has 4 nitrogen and oxygen atoms in total. The lowest BCUT2D eigenvalue weighted by molar-refractivity contribution is -0.113. The Bertz CT molecular complexity index is 891. The summed E-state index contributed by atoms with van der Waals surface area (Å²) in [6.45, 7) is 4.13. The van der Waals surface area contributed by atoms with E-state index in [1.54, 1.807) is 30.5 Å². The molecule has 3 aromatic rings. The van der Waals surface area contributed by atoms with Crippen molar-refractivity contribution in [2.75, 3.05) is 11.1 Å². The number of benzene rings is 2. The van der Waals surface area contributed by atoms with Gasteiger partial charge in [0.15, 0.2) is 5.76 Å². The highest BCUT2D eigenvalue weighted by Gasteiger charge is 2.10. The summed E-state index contributed by atoms with van der Waals surface area (Å²) >= 11 is 7.08. The number of nitrogens with one attached hydrogen (secondary N) is 1. The Kier molecular flexibility index (Phi) is 5.46. The summed E-state index contributed by atoms with van der Waals surface area (Å²) in [5.74, 6) is 0.789. The Balaban J connectivity index is 1.58. The van der Waals surface area contributed by atoms with Gasteiger partial charge in [0.2, 0.25) is 5.91 Å². The van der Waals surface area contributed by atoms with Crippen LogP contribution in [0.2, 0.25) is 5.02 Å². The number of aryl methyl sites for hydroxylation is 2. The van der Waals surface area contributed by atoms with E-state index in [1.807, 2.05) is 6.07 Å². The molecule has 25 heavy (non-hydrogen) atoms. The van der Waals surface area contributed by atoms with Gasteiger partial charge >= 0.3 is 0 Å². The molecule has 1 aromatic heterocycles. The largest absolute Gasteiger partial charge is 0.431 e. The molecule has 3 rings (SSSR count). The molecule has 0 radical (unpaired) electrons. The molecule has 0 fully saturated rings. The Morgan fingerprint density at radius 2 is 1.92 bits per heavy atom. The van der Waals surface area contributed by atoms with Gasteiger partial charge in [-0.05, 0) is 55.3 Å². The fourth-order valence-electron chi connectivity index (χ4n) is 2.21. The smallest absolute Gasteiger partial charge is 0.256 e. The lowest BCUT2D eigenvalue weighted by Gasteiger charge is -2.04. The molecule has 0 spiro atoms. The molecule has 0 unspecified atom stereocenters. The second kappa shape index (κ2) is 7.76. The molecule has 1 heterocycles. The first kappa shape index (κ1) is 17.6. The number of carbonyl (C=O) groups excluding carboxylic acids is 1. The summed E-state index contributed by atoms with van der Waals surface area (Å²) in [5.41, 5.74) is 4.12. The molecule has 0 atom stereocenters. The van der Waals surface area contributed by atoms with Crippen LogP contribution in [-0.4, -0.2) is 16.6 Å². The van der Waals surface area contributed by atoms with Gasteiger partial charge in [0, 0.05) is 16.3 Å². The van der Waals surface area contributed by atoms with E-state index in [0.717, 1.165) is 5.56 Å². The van der Waals surface area contributed by atoms with Crippen LogP contribution >= 0.6 is 23.4 Å². The molecule has 0 aliphatic heterocycles. The molecule has 2 aromatic carbocycles.